The van der Waals surface area contributed by atoms with E-state index >= 15 is 0 Å². The highest BCUT2D eigenvalue weighted by Crippen LogP contribution is 2.15. The van der Waals surface area contributed by atoms with E-state index in [9.17, 15) is 9.59 Å². The second kappa shape index (κ2) is 5.87. The third kappa shape index (κ3) is 3.05. The molecule has 2 aromatic heterocycles. The average Bonchev–Trinajstić information content (AvgIpc) is 2.44. The van der Waals surface area contributed by atoms with Crippen molar-refractivity contribution in [3.8, 4) is 0 Å². The number of nitrogens with zero attached hydrogens (tertiary/aromatic N) is 2. The highest BCUT2D eigenvalue weighted by molar-refractivity contribution is 9.10. The van der Waals surface area contributed by atoms with Crippen LogP contribution in [0.25, 0.3) is 0 Å². The zero-order valence-corrected chi connectivity index (χ0v) is 12.5. The molecule has 0 spiro atoms. The number of carbonyl (C=O) groups excluding carboxylic acids is 1. The fourth-order valence-corrected chi connectivity index (χ4v) is 2.14. The minimum atomic E-state index is -0.456. The number of methoxy groups -OCH3 is 1. The van der Waals surface area contributed by atoms with Crippen LogP contribution in [0.5, 0.6) is 0 Å². The van der Waals surface area contributed by atoms with Gasteiger partial charge in [0, 0.05) is 23.9 Å². The second-order valence-corrected chi connectivity index (χ2v) is 4.95. The van der Waals surface area contributed by atoms with Crippen LogP contribution in [0.1, 0.15) is 10.4 Å². The van der Waals surface area contributed by atoms with Gasteiger partial charge in [0.05, 0.1) is 12.7 Å². The molecule has 0 fully saturated rings. The fraction of sp³-hybridized carbons (Fsp3) is 0.154. The second-order valence-electron chi connectivity index (χ2n) is 4.04. The third-order valence-corrected chi connectivity index (χ3v) is 3.03. The van der Waals surface area contributed by atoms with Crippen molar-refractivity contribution in [1.82, 2.24) is 9.55 Å². The number of halogens is 1. The van der Waals surface area contributed by atoms with Gasteiger partial charge in [-0.05, 0) is 34.1 Å². The van der Waals surface area contributed by atoms with Crippen molar-refractivity contribution >= 4 is 33.4 Å². The summed E-state index contributed by atoms with van der Waals surface area (Å²) >= 11 is 3.32. The fourth-order valence-electron chi connectivity index (χ4n) is 1.60. The Morgan fingerprint density at radius 3 is 2.80 bits per heavy atom. The molecule has 1 N–H and O–H groups in total. The van der Waals surface area contributed by atoms with Gasteiger partial charge in [-0.25, -0.2) is 9.78 Å². The average molecular weight is 338 g/mol. The van der Waals surface area contributed by atoms with E-state index < -0.39 is 5.97 Å². The van der Waals surface area contributed by atoms with Crippen LogP contribution >= 0.6 is 15.9 Å². The Labute approximate surface area is 123 Å². The van der Waals surface area contributed by atoms with Gasteiger partial charge >= 0.3 is 5.97 Å². The van der Waals surface area contributed by atoms with E-state index in [1.807, 2.05) is 0 Å². The number of aromatic nitrogens is 2. The molecule has 0 radical (unpaired) electrons. The molecule has 7 heteroatoms. The molecule has 2 rings (SSSR count). The number of aryl methyl sites for hydroxylation is 1. The van der Waals surface area contributed by atoms with E-state index in [1.54, 1.807) is 31.4 Å². The molecule has 0 aliphatic rings. The summed E-state index contributed by atoms with van der Waals surface area (Å²) in [5.41, 5.74) is 0.562. The largest absolute Gasteiger partial charge is 0.465 e. The molecule has 0 atom stereocenters. The van der Waals surface area contributed by atoms with Gasteiger partial charge in [-0.1, -0.05) is 0 Å². The summed E-state index contributed by atoms with van der Waals surface area (Å²) in [6.07, 6.45) is 3.05. The molecule has 0 aromatic carbocycles. The molecular formula is C13H12BrN3O3. The van der Waals surface area contributed by atoms with Crippen LogP contribution in [0.15, 0.2) is 39.9 Å². The Bertz CT molecular complexity index is 695. The number of nitrogens with one attached hydrogen (secondary N) is 1. The highest BCUT2D eigenvalue weighted by atomic mass is 79.9. The molecule has 6 nitrogen and oxygen atoms in total. The smallest absolute Gasteiger partial charge is 0.339 e. The standard InChI is InChI=1S/C13H12BrN3O3/c1-17-7-9(14)5-10(12(17)18)16-11-4-3-8(6-15-11)13(19)20-2/h3-7H,1-2H3,(H,15,16). The summed E-state index contributed by atoms with van der Waals surface area (Å²) in [7, 11) is 2.96. The lowest BCUT2D eigenvalue weighted by atomic mass is 10.3. The van der Waals surface area contributed by atoms with Crippen molar-refractivity contribution in [2.75, 3.05) is 12.4 Å². The van der Waals surface area contributed by atoms with Crippen LogP contribution in [-0.2, 0) is 11.8 Å². The van der Waals surface area contributed by atoms with Crippen molar-refractivity contribution < 1.29 is 9.53 Å². The molecule has 104 valence electrons. The molecule has 0 unspecified atom stereocenters. The molecule has 2 heterocycles. The lowest BCUT2D eigenvalue weighted by molar-refractivity contribution is 0.0600. The molecule has 0 saturated carbocycles. The van der Waals surface area contributed by atoms with Crippen molar-refractivity contribution in [3.05, 3.63) is 51.0 Å². The van der Waals surface area contributed by atoms with E-state index in [1.165, 1.54) is 17.9 Å². The Morgan fingerprint density at radius 1 is 1.45 bits per heavy atom. The minimum Gasteiger partial charge on any atom is -0.465 e. The van der Waals surface area contributed by atoms with Crippen LogP contribution in [0.2, 0.25) is 0 Å². The summed E-state index contributed by atoms with van der Waals surface area (Å²) in [4.78, 5) is 27.3. The number of esters is 1. The maximum Gasteiger partial charge on any atom is 0.339 e. The molecule has 20 heavy (non-hydrogen) atoms. The van der Waals surface area contributed by atoms with Crippen molar-refractivity contribution in [2.45, 2.75) is 0 Å². The molecule has 2 aromatic rings. The number of hydrogen-bond acceptors (Lipinski definition) is 5. The Kier molecular flexibility index (Phi) is 4.19. The van der Waals surface area contributed by atoms with Gasteiger partial charge in [0.1, 0.15) is 11.5 Å². The van der Waals surface area contributed by atoms with E-state index in [0.29, 0.717) is 17.1 Å². The quantitative estimate of drug-likeness (QED) is 0.868. The minimum absolute atomic E-state index is 0.174. The molecule has 0 amide bonds. The number of pyridine rings is 2. The lowest BCUT2D eigenvalue weighted by Crippen LogP contribution is -2.19. The van der Waals surface area contributed by atoms with Gasteiger partial charge in [-0.3, -0.25) is 4.79 Å². The maximum atomic E-state index is 11.9. The monoisotopic (exact) mass is 337 g/mol. The van der Waals surface area contributed by atoms with Gasteiger partial charge in [0.2, 0.25) is 0 Å². The van der Waals surface area contributed by atoms with Crippen molar-refractivity contribution in [1.29, 1.82) is 0 Å². The van der Waals surface area contributed by atoms with Crippen LogP contribution < -0.4 is 10.9 Å². The SMILES string of the molecule is COC(=O)c1ccc(Nc2cc(Br)cn(C)c2=O)nc1. The number of ether oxygens (including phenoxy) is 1. The summed E-state index contributed by atoms with van der Waals surface area (Å²) < 4.78 is 6.81. The van der Waals surface area contributed by atoms with E-state index in [2.05, 4.69) is 31.0 Å². The van der Waals surface area contributed by atoms with Gasteiger partial charge < -0.3 is 14.6 Å². The lowest BCUT2D eigenvalue weighted by Gasteiger charge is -2.08. The summed E-state index contributed by atoms with van der Waals surface area (Å²) in [6, 6.07) is 4.84. The molecular weight excluding hydrogens is 326 g/mol. The Balaban J connectivity index is 2.27. The molecule has 0 bridgehead atoms. The van der Waals surface area contributed by atoms with Gasteiger partial charge in [0.15, 0.2) is 0 Å². The Morgan fingerprint density at radius 2 is 2.20 bits per heavy atom. The normalized spacial score (nSPS) is 10.2. The van der Waals surface area contributed by atoms with E-state index in [0.717, 1.165) is 4.47 Å². The van der Waals surface area contributed by atoms with Crippen LogP contribution in [-0.4, -0.2) is 22.6 Å². The van der Waals surface area contributed by atoms with Gasteiger partial charge in [-0.2, -0.15) is 0 Å². The first-order valence-corrected chi connectivity index (χ1v) is 6.48. The maximum absolute atomic E-state index is 11.9. The summed E-state index contributed by atoms with van der Waals surface area (Å²) in [5.74, 6) is 0.00951. The van der Waals surface area contributed by atoms with Gasteiger partial charge in [0.25, 0.3) is 5.56 Å². The first-order valence-electron chi connectivity index (χ1n) is 5.69. The summed E-state index contributed by atoms with van der Waals surface area (Å²) in [6.45, 7) is 0. The summed E-state index contributed by atoms with van der Waals surface area (Å²) in [5, 5.41) is 2.91. The molecule has 0 aliphatic carbocycles. The molecule has 0 aliphatic heterocycles. The van der Waals surface area contributed by atoms with Crippen LogP contribution in [0.4, 0.5) is 11.5 Å². The topological polar surface area (TPSA) is 73.2 Å². The number of rotatable bonds is 3. The van der Waals surface area contributed by atoms with Crippen LogP contribution in [0.3, 0.4) is 0 Å². The van der Waals surface area contributed by atoms with E-state index in [-0.39, 0.29) is 5.56 Å². The van der Waals surface area contributed by atoms with Crippen molar-refractivity contribution in [3.63, 3.8) is 0 Å². The van der Waals surface area contributed by atoms with Gasteiger partial charge in [-0.15, -0.1) is 0 Å². The zero-order chi connectivity index (χ0) is 14.7. The highest BCUT2D eigenvalue weighted by Gasteiger charge is 2.07. The predicted molar refractivity (Wildman–Crippen MR) is 78.2 cm³/mol. The number of carbonyl (C=O) groups is 1. The number of anilines is 2. The molecule has 0 saturated heterocycles. The predicted octanol–water partition coefficient (Wildman–Crippen LogP) is 2.07. The third-order valence-electron chi connectivity index (χ3n) is 2.60. The van der Waals surface area contributed by atoms with Crippen LogP contribution in [0, 0.1) is 0 Å². The number of hydrogen-bond donors (Lipinski definition) is 1. The van der Waals surface area contributed by atoms with Crippen molar-refractivity contribution in [2.24, 2.45) is 7.05 Å². The Hall–Kier alpha value is -2.15. The van der Waals surface area contributed by atoms with E-state index in [4.69, 9.17) is 0 Å². The first kappa shape index (κ1) is 14.3. The zero-order valence-electron chi connectivity index (χ0n) is 10.9. The first-order chi connectivity index (χ1) is 9.51.